The second kappa shape index (κ2) is 10.8. The van der Waals surface area contributed by atoms with Crippen molar-refractivity contribution < 1.29 is 35.8 Å². The van der Waals surface area contributed by atoms with E-state index in [1.54, 1.807) is 6.07 Å². The monoisotopic (exact) mass is 494 g/mol. The molecule has 2 nitrogen and oxygen atoms in total. The Morgan fingerprint density at radius 1 is 0.714 bits per heavy atom. The lowest BCUT2D eigenvalue weighted by Gasteiger charge is -2.29. The van der Waals surface area contributed by atoms with Crippen molar-refractivity contribution in [1.82, 2.24) is 0 Å². The smallest absolute Gasteiger partial charge is 0.194 e. The van der Waals surface area contributed by atoms with Crippen molar-refractivity contribution >= 4 is 0 Å². The highest BCUT2D eigenvalue weighted by Crippen LogP contribution is 2.33. The Kier molecular flexibility index (Phi) is 7.82. The topological polar surface area (TPSA) is 18.5 Å². The van der Waals surface area contributed by atoms with E-state index >= 15 is 0 Å². The largest absolute Gasteiger partial charge is 0.348 e. The molecule has 3 aromatic carbocycles. The van der Waals surface area contributed by atoms with Crippen molar-refractivity contribution in [1.29, 1.82) is 0 Å². The highest BCUT2D eigenvalue weighted by molar-refractivity contribution is 5.66. The van der Waals surface area contributed by atoms with Gasteiger partial charge in [-0.15, -0.1) is 0 Å². The first-order chi connectivity index (χ1) is 16.8. The second-order valence-corrected chi connectivity index (χ2v) is 8.67. The Morgan fingerprint density at radius 2 is 1.37 bits per heavy atom. The lowest BCUT2D eigenvalue weighted by molar-refractivity contribution is -0.206. The predicted molar refractivity (Wildman–Crippen MR) is 119 cm³/mol. The van der Waals surface area contributed by atoms with Crippen molar-refractivity contribution in [2.24, 2.45) is 5.92 Å². The number of hydrogen-bond acceptors (Lipinski definition) is 2. The fourth-order valence-electron chi connectivity index (χ4n) is 4.23. The maximum Gasteiger partial charge on any atom is 0.194 e. The van der Waals surface area contributed by atoms with Crippen molar-refractivity contribution in [2.75, 3.05) is 13.2 Å². The van der Waals surface area contributed by atoms with E-state index in [-0.39, 0.29) is 41.0 Å². The Balaban J connectivity index is 1.49. The van der Waals surface area contributed by atoms with Crippen molar-refractivity contribution in [3.8, 4) is 11.1 Å². The van der Waals surface area contributed by atoms with Gasteiger partial charge in [0.2, 0.25) is 0 Å². The summed E-state index contributed by atoms with van der Waals surface area (Å²) in [5.74, 6) is -7.19. The molecule has 8 heteroatoms. The molecule has 35 heavy (non-hydrogen) atoms. The lowest BCUT2D eigenvalue weighted by Crippen LogP contribution is -2.27. The van der Waals surface area contributed by atoms with Gasteiger partial charge in [-0.05, 0) is 48.6 Å². The molecular weight excluding hydrogens is 470 g/mol. The number of halogens is 6. The minimum Gasteiger partial charge on any atom is -0.348 e. The van der Waals surface area contributed by atoms with E-state index in [4.69, 9.17) is 9.47 Å². The van der Waals surface area contributed by atoms with Gasteiger partial charge in [0.15, 0.2) is 35.4 Å². The first-order valence-corrected chi connectivity index (χ1v) is 11.4. The van der Waals surface area contributed by atoms with Gasteiger partial charge in [0.25, 0.3) is 0 Å². The van der Waals surface area contributed by atoms with Crippen LogP contribution in [0.2, 0.25) is 0 Å². The van der Waals surface area contributed by atoms with Crippen LogP contribution in [0.5, 0.6) is 0 Å². The molecule has 1 aliphatic rings. The van der Waals surface area contributed by atoms with Crippen LogP contribution < -0.4 is 0 Å². The summed E-state index contributed by atoms with van der Waals surface area (Å²) in [5.41, 5.74) is 0.0957. The summed E-state index contributed by atoms with van der Waals surface area (Å²) < 4.78 is 95.7. The van der Waals surface area contributed by atoms with Gasteiger partial charge >= 0.3 is 0 Å². The van der Waals surface area contributed by atoms with Crippen molar-refractivity contribution in [3.05, 3.63) is 94.1 Å². The minimum absolute atomic E-state index is 0.0482. The van der Waals surface area contributed by atoms with E-state index in [0.29, 0.717) is 18.8 Å². The van der Waals surface area contributed by atoms with E-state index in [2.05, 4.69) is 6.92 Å². The highest BCUT2D eigenvalue weighted by atomic mass is 19.2. The molecule has 0 aromatic heterocycles. The summed E-state index contributed by atoms with van der Waals surface area (Å²) in [4.78, 5) is 0. The maximum absolute atomic E-state index is 14.9. The SMILES string of the molecule is CCCC1COC(c2ccc(-c3ccc(CCc4cc(F)c(F)c(F)c4)c(F)c3F)c(F)c2)OC1. The fraction of sp³-hybridized carbons (Fsp3) is 0.333. The van der Waals surface area contributed by atoms with Gasteiger partial charge in [-0.1, -0.05) is 37.6 Å². The average Bonchev–Trinajstić information content (AvgIpc) is 2.84. The van der Waals surface area contributed by atoms with Crippen LogP contribution in [0.25, 0.3) is 11.1 Å². The molecular formula is C27H24F6O2. The van der Waals surface area contributed by atoms with E-state index in [1.165, 1.54) is 24.3 Å². The van der Waals surface area contributed by atoms with Gasteiger partial charge in [0.05, 0.1) is 13.2 Å². The summed E-state index contributed by atoms with van der Waals surface area (Å²) in [6.07, 6.45) is 1.11. The molecule has 0 N–H and O–H groups in total. The third-order valence-electron chi connectivity index (χ3n) is 6.11. The summed E-state index contributed by atoms with van der Waals surface area (Å²) in [7, 11) is 0. The molecule has 3 aromatic rings. The van der Waals surface area contributed by atoms with Crippen LogP contribution in [0.4, 0.5) is 26.3 Å². The molecule has 0 saturated carbocycles. The van der Waals surface area contributed by atoms with Crippen LogP contribution >= 0.6 is 0 Å². The third-order valence-corrected chi connectivity index (χ3v) is 6.11. The molecule has 1 heterocycles. The minimum atomic E-state index is -1.59. The van der Waals surface area contributed by atoms with Crippen LogP contribution in [0.3, 0.4) is 0 Å². The average molecular weight is 494 g/mol. The van der Waals surface area contributed by atoms with Gasteiger partial charge in [-0.25, -0.2) is 26.3 Å². The van der Waals surface area contributed by atoms with Gasteiger partial charge in [0, 0.05) is 22.6 Å². The Labute approximate surface area is 199 Å². The van der Waals surface area contributed by atoms with Gasteiger partial charge in [-0.3, -0.25) is 0 Å². The molecule has 0 aliphatic carbocycles. The number of aryl methyl sites for hydroxylation is 2. The number of hydrogen-bond donors (Lipinski definition) is 0. The number of benzene rings is 3. The summed E-state index contributed by atoms with van der Waals surface area (Å²) in [6.45, 7) is 3.07. The number of ether oxygens (including phenoxy) is 2. The molecule has 0 amide bonds. The standard InChI is InChI=1S/C27H24F6O2/c1-2-3-16-13-34-27(35-14-16)18-7-8-19(21(28)12-18)20-9-6-17(24(31)25(20)32)5-4-15-10-22(29)26(33)23(30)11-15/h6-12,16,27H,2-5,13-14H2,1H3. The Hall–Kier alpha value is -2.84. The summed E-state index contributed by atoms with van der Waals surface area (Å²) in [5, 5.41) is 0. The molecule has 0 unspecified atom stereocenters. The van der Waals surface area contributed by atoms with E-state index in [9.17, 15) is 26.3 Å². The normalized spacial score (nSPS) is 18.1. The summed E-state index contributed by atoms with van der Waals surface area (Å²) >= 11 is 0. The first-order valence-electron chi connectivity index (χ1n) is 11.4. The van der Waals surface area contributed by atoms with E-state index < -0.39 is 41.2 Å². The zero-order valence-electron chi connectivity index (χ0n) is 19.0. The van der Waals surface area contributed by atoms with Gasteiger partial charge in [-0.2, -0.15) is 0 Å². The van der Waals surface area contributed by atoms with Gasteiger partial charge in [0.1, 0.15) is 5.82 Å². The predicted octanol–water partition coefficient (Wildman–Crippen LogP) is 7.44. The molecule has 186 valence electrons. The molecule has 0 spiro atoms. The van der Waals surface area contributed by atoms with Crippen molar-refractivity contribution in [3.63, 3.8) is 0 Å². The first kappa shape index (κ1) is 25.3. The molecule has 1 aliphatic heterocycles. The zero-order chi connectivity index (χ0) is 25.1. The maximum atomic E-state index is 14.9. The van der Waals surface area contributed by atoms with Crippen LogP contribution in [0.15, 0.2) is 42.5 Å². The highest BCUT2D eigenvalue weighted by Gasteiger charge is 2.25. The van der Waals surface area contributed by atoms with Crippen LogP contribution in [-0.4, -0.2) is 13.2 Å². The number of rotatable bonds is 7. The Morgan fingerprint density at radius 3 is 2.00 bits per heavy atom. The molecule has 1 saturated heterocycles. The van der Waals surface area contributed by atoms with E-state index in [0.717, 1.165) is 25.0 Å². The second-order valence-electron chi connectivity index (χ2n) is 8.67. The van der Waals surface area contributed by atoms with Crippen molar-refractivity contribution in [2.45, 2.75) is 38.9 Å². The van der Waals surface area contributed by atoms with Gasteiger partial charge < -0.3 is 9.47 Å². The van der Waals surface area contributed by atoms with Crippen LogP contribution in [0, 0.1) is 40.8 Å². The molecule has 1 fully saturated rings. The fourth-order valence-corrected chi connectivity index (χ4v) is 4.23. The van der Waals surface area contributed by atoms with Crippen LogP contribution in [-0.2, 0) is 22.3 Å². The molecule has 4 rings (SSSR count). The molecule has 0 atom stereocenters. The third kappa shape index (κ3) is 5.54. The lowest BCUT2D eigenvalue weighted by atomic mass is 9.97. The zero-order valence-corrected chi connectivity index (χ0v) is 19.0. The van der Waals surface area contributed by atoms with Crippen LogP contribution in [0.1, 0.15) is 42.7 Å². The Bertz CT molecular complexity index is 1180. The van der Waals surface area contributed by atoms with E-state index in [1.807, 2.05) is 0 Å². The molecule has 0 bridgehead atoms. The molecule has 0 radical (unpaired) electrons. The quantitative estimate of drug-likeness (QED) is 0.251. The summed E-state index contributed by atoms with van der Waals surface area (Å²) in [6, 6.07) is 8.23.